The number of alkyl carbamates (subject to hydrolysis) is 1. The molecule has 2 fully saturated rings. The van der Waals surface area contributed by atoms with Crippen molar-refractivity contribution in [3.63, 3.8) is 0 Å². The van der Waals surface area contributed by atoms with Gasteiger partial charge in [-0.25, -0.2) is 13.2 Å². The van der Waals surface area contributed by atoms with Gasteiger partial charge in [-0.2, -0.15) is 4.31 Å². The first-order chi connectivity index (χ1) is 20.1. The first-order valence-corrected chi connectivity index (χ1v) is 15.5. The van der Waals surface area contributed by atoms with Crippen LogP contribution in [-0.4, -0.2) is 74.8 Å². The number of ether oxygens (including phenoxy) is 3. The van der Waals surface area contributed by atoms with E-state index in [-0.39, 0.29) is 65.5 Å². The van der Waals surface area contributed by atoms with E-state index in [0.717, 1.165) is 12.0 Å². The number of sulfonamides is 1. The molecule has 0 bridgehead atoms. The molecule has 42 heavy (non-hydrogen) atoms. The summed E-state index contributed by atoms with van der Waals surface area (Å²) in [5.74, 6) is -0.128. The maximum absolute atomic E-state index is 13.8. The van der Waals surface area contributed by atoms with Crippen LogP contribution >= 0.6 is 0 Å². The van der Waals surface area contributed by atoms with Crippen molar-refractivity contribution in [2.24, 2.45) is 11.8 Å². The van der Waals surface area contributed by atoms with E-state index in [9.17, 15) is 23.1 Å². The molecule has 2 aliphatic rings. The van der Waals surface area contributed by atoms with Crippen molar-refractivity contribution in [1.82, 2.24) is 9.62 Å². The lowest BCUT2D eigenvalue weighted by atomic mass is 10.0. The summed E-state index contributed by atoms with van der Waals surface area (Å²) in [6.45, 7) is 4.29. The van der Waals surface area contributed by atoms with E-state index < -0.39 is 34.4 Å². The predicted molar refractivity (Wildman–Crippen MR) is 153 cm³/mol. The van der Waals surface area contributed by atoms with Crippen LogP contribution < -0.4 is 10.7 Å². The summed E-state index contributed by atoms with van der Waals surface area (Å²) in [5.41, 5.74) is 0.748. The Kier molecular flexibility index (Phi) is 9.28. The molecule has 2 aliphatic heterocycles. The first-order valence-electron chi connectivity index (χ1n) is 14.1. The zero-order valence-electron chi connectivity index (χ0n) is 23.5. The zero-order valence-corrected chi connectivity index (χ0v) is 24.4. The number of hydrogen-bond donors (Lipinski definition) is 2. The minimum Gasteiger partial charge on any atom is -0.464 e. The fourth-order valence-corrected chi connectivity index (χ4v) is 7.06. The van der Waals surface area contributed by atoms with Crippen molar-refractivity contribution in [2.45, 2.75) is 56.1 Å². The molecule has 226 valence electrons. The molecule has 1 aromatic heterocycles. The summed E-state index contributed by atoms with van der Waals surface area (Å²) in [6.07, 6.45) is -0.669. The molecule has 5 rings (SSSR count). The second-order valence-corrected chi connectivity index (χ2v) is 13.1. The summed E-state index contributed by atoms with van der Waals surface area (Å²) < 4.78 is 50.9. The molecule has 2 aromatic carbocycles. The zero-order chi connectivity index (χ0) is 29.9. The van der Waals surface area contributed by atoms with Gasteiger partial charge in [0.25, 0.3) is 0 Å². The van der Waals surface area contributed by atoms with Crippen molar-refractivity contribution in [2.75, 3.05) is 26.3 Å². The van der Waals surface area contributed by atoms with Crippen molar-refractivity contribution < 1.29 is 36.9 Å². The predicted octanol–water partition coefficient (Wildman–Crippen LogP) is 2.90. The summed E-state index contributed by atoms with van der Waals surface area (Å²) in [4.78, 5) is 25.3. The van der Waals surface area contributed by atoms with Crippen LogP contribution in [0.1, 0.15) is 25.8 Å². The fraction of sp³-hybridized carbons (Fsp3) is 0.467. The lowest BCUT2D eigenvalue weighted by Gasteiger charge is -2.31. The maximum Gasteiger partial charge on any atom is 0.407 e. The average molecular weight is 601 g/mol. The molecule has 0 saturated carbocycles. The molecule has 1 unspecified atom stereocenters. The standard InChI is InChI=1S/C30H36N2O9S/c1-19(2)16-32(42(36,37)21-8-9-27-23(15-21)25(33)11-13-38-27)17-26(34)24(14-20-6-4-3-5-7-20)31-30(35)41-28-18-40-29-22(28)10-12-39-29/h3-9,11,13,15,19,22,24,26,28-29,34H,10,12,14,16-18H2,1-2H3,(H,31,35)/t22-,24-,26+,28?,29+/m0/s1. The first kappa shape index (κ1) is 30.2. The highest BCUT2D eigenvalue weighted by molar-refractivity contribution is 7.89. The number of benzene rings is 2. The number of nitrogens with zero attached hydrogens (tertiary/aromatic N) is 1. The van der Waals surface area contributed by atoms with Gasteiger partial charge in [-0.3, -0.25) is 4.79 Å². The Morgan fingerprint density at radius 1 is 1.12 bits per heavy atom. The van der Waals surface area contributed by atoms with E-state index in [1.54, 1.807) is 0 Å². The van der Waals surface area contributed by atoms with Gasteiger partial charge in [-0.05, 0) is 42.5 Å². The average Bonchev–Trinajstić information content (AvgIpc) is 3.58. The highest BCUT2D eigenvalue weighted by atomic mass is 32.2. The molecule has 12 heteroatoms. The number of amides is 1. The summed E-state index contributed by atoms with van der Waals surface area (Å²) in [5, 5.41) is 14.4. The number of rotatable bonds is 11. The van der Waals surface area contributed by atoms with Gasteiger partial charge in [0, 0.05) is 19.2 Å². The van der Waals surface area contributed by atoms with Crippen LogP contribution in [-0.2, 0) is 30.7 Å². The molecule has 2 saturated heterocycles. The van der Waals surface area contributed by atoms with Crippen molar-refractivity contribution >= 4 is 27.1 Å². The number of fused-ring (bicyclic) bond motifs is 2. The number of aliphatic hydroxyl groups excluding tert-OH is 1. The van der Waals surface area contributed by atoms with Gasteiger partial charge in [0.15, 0.2) is 11.7 Å². The number of aliphatic hydroxyl groups is 1. The second kappa shape index (κ2) is 12.9. The number of carbonyl (C=O) groups is 1. The van der Waals surface area contributed by atoms with Crippen LogP contribution in [0.3, 0.4) is 0 Å². The molecular formula is C30H36N2O9S. The van der Waals surface area contributed by atoms with Crippen molar-refractivity contribution in [1.29, 1.82) is 0 Å². The van der Waals surface area contributed by atoms with Gasteiger partial charge in [0.2, 0.25) is 10.0 Å². The quantitative estimate of drug-likeness (QED) is 0.339. The van der Waals surface area contributed by atoms with Crippen molar-refractivity contribution in [3.8, 4) is 0 Å². The van der Waals surface area contributed by atoms with Gasteiger partial charge in [-0.15, -0.1) is 0 Å². The van der Waals surface area contributed by atoms with Crippen LogP contribution in [0.2, 0.25) is 0 Å². The lowest BCUT2D eigenvalue weighted by Crippen LogP contribution is -2.51. The van der Waals surface area contributed by atoms with Crippen LogP contribution in [0.4, 0.5) is 4.79 Å². The van der Waals surface area contributed by atoms with Gasteiger partial charge in [0.1, 0.15) is 11.7 Å². The molecule has 0 radical (unpaired) electrons. The smallest absolute Gasteiger partial charge is 0.407 e. The lowest BCUT2D eigenvalue weighted by molar-refractivity contribution is -0.0907. The number of carbonyl (C=O) groups excluding carboxylic acids is 1. The highest BCUT2D eigenvalue weighted by Gasteiger charge is 2.44. The van der Waals surface area contributed by atoms with E-state index in [4.69, 9.17) is 18.6 Å². The Hall–Kier alpha value is -3.29. The Morgan fingerprint density at radius 2 is 1.90 bits per heavy atom. The Bertz CT molecular complexity index is 1540. The van der Waals surface area contributed by atoms with Crippen LogP contribution in [0.15, 0.2) is 75.0 Å². The SMILES string of the molecule is CC(C)CN(C[C@@H](O)[C@H](Cc1ccccc1)NC(=O)OC1CO[C@H]2OCC[C@@H]12)S(=O)(=O)c1ccc2occc(=O)c2c1. The van der Waals surface area contributed by atoms with Crippen LogP contribution in [0, 0.1) is 11.8 Å². The van der Waals surface area contributed by atoms with Crippen molar-refractivity contribution in [3.05, 3.63) is 76.6 Å². The van der Waals surface area contributed by atoms with E-state index in [1.165, 1.54) is 34.8 Å². The van der Waals surface area contributed by atoms with E-state index in [0.29, 0.717) is 6.61 Å². The highest BCUT2D eigenvalue weighted by Crippen LogP contribution is 2.33. The number of hydrogen-bond acceptors (Lipinski definition) is 9. The summed E-state index contributed by atoms with van der Waals surface area (Å²) in [7, 11) is -4.14. The fourth-order valence-electron chi connectivity index (χ4n) is 5.41. The Balaban J connectivity index is 1.37. The third-order valence-electron chi connectivity index (χ3n) is 7.54. The Labute approximate surface area is 244 Å². The van der Waals surface area contributed by atoms with Gasteiger partial charge in [0.05, 0.1) is 47.8 Å². The molecule has 1 amide bonds. The molecule has 11 nitrogen and oxygen atoms in total. The Morgan fingerprint density at radius 3 is 2.67 bits per heavy atom. The third-order valence-corrected chi connectivity index (χ3v) is 9.37. The molecule has 0 aliphatic carbocycles. The molecule has 3 heterocycles. The van der Waals surface area contributed by atoms with Gasteiger partial charge in [-0.1, -0.05) is 44.2 Å². The maximum atomic E-state index is 13.8. The molecule has 0 spiro atoms. The van der Waals surface area contributed by atoms with E-state index >= 15 is 0 Å². The van der Waals surface area contributed by atoms with Crippen LogP contribution in [0.25, 0.3) is 11.0 Å². The molecule has 5 atom stereocenters. The van der Waals surface area contributed by atoms with E-state index in [1.807, 2.05) is 44.2 Å². The summed E-state index contributed by atoms with van der Waals surface area (Å²) >= 11 is 0. The molecule has 2 N–H and O–H groups in total. The van der Waals surface area contributed by atoms with Gasteiger partial charge >= 0.3 is 6.09 Å². The minimum atomic E-state index is -4.14. The molecular weight excluding hydrogens is 564 g/mol. The molecule has 3 aromatic rings. The minimum absolute atomic E-state index is 0.0516. The topological polar surface area (TPSA) is 145 Å². The third kappa shape index (κ3) is 6.84. The largest absolute Gasteiger partial charge is 0.464 e. The second-order valence-electron chi connectivity index (χ2n) is 11.1. The number of nitrogens with one attached hydrogen (secondary N) is 1. The van der Waals surface area contributed by atoms with E-state index in [2.05, 4.69) is 5.32 Å². The normalized spacial score (nSPS) is 21.9. The van der Waals surface area contributed by atoms with Gasteiger partial charge < -0.3 is 29.1 Å². The summed E-state index contributed by atoms with van der Waals surface area (Å²) in [6, 6.07) is 13.7. The van der Waals surface area contributed by atoms with Crippen LogP contribution in [0.5, 0.6) is 0 Å². The monoisotopic (exact) mass is 600 g/mol.